The van der Waals surface area contributed by atoms with Gasteiger partial charge in [0.25, 0.3) is 11.8 Å². The van der Waals surface area contributed by atoms with Crippen LogP contribution in [0.15, 0.2) is 66.7 Å². The van der Waals surface area contributed by atoms with Crippen molar-refractivity contribution >= 4 is 28.3 Å². The van der Waals surface area contributed by atoms with Gasteiger partial charge in [-0.15, -0.1) is 0 Å². The van der Waals surface area contributed by atoms with Gasteiger partial charge in [-0.3, -0.25) is 14.5 Å². The summed E-state index contributed by atoms with van der Waals surface area (Å²) in [6.07, 6.45) is 0. The smallest absolute Gasteiger partial charge is 0.261 e. The van der Waals surface area contributed by atoms with Gasteiger partial charge in [-0.1, -0.05) is 48.5 Å². The molecule has 0 radical (unpaired) electrons. The minimum Gasteiger partial charge on any atom is -0.379 e. The molecule has 0 atom stereocenters. The Kier molecular flexibility index (Phi) is 4.30. The number of hydrogen-bond donors (Lipinski definition) is 1. The summed E-state index contributed by atoms with van der Waals surface area (Å²) in [6, 6.07) is 21.0. The number of rotatable bonds is 5. The predicted octanol–water partition coefficient (Wildman–Crippen LogP) is 3.29. The van der Waals surface area contributed by atoms with Gasteiger partial charge in [0.15, 0.2) is 0 Å². The maximum atomic E-state index is 12.8. The summed E-state index contributed by atoms with van der Waals surface area (Å²) in [4.78, 5) is 26.7. The van der Waals surface area contributed by atoms with Crippen molar-refractivity contribution in [2.45, 2.75) is 5.79 Å². The summed E-state index contributed by atoms with van der Waals surface area (Å²) in [7, 11) is 0. The van der Waals surface area contributed by atoms with Crippen LogP contribution in [-0.2, 0) is 9.47 Å². The first-order valence-corrected chi connectivity index (χ1v) is 9.62. The first kappa shape index (κ1) is 17.8. The molecule has 2 aliphatic heterocycles. The highest BCUT2D eigenvalue weighted by atomic mass is 16.7. The lowest BCUT2D eigenvalue weighted by molar-refractivity contribution is -0.151. The van der Waals surface area contributed by atoms with Gasteiger partial charge in [0.1, 0.15) is 0 Å². The maximum absolute atomic E-state index is 12.8. The first-order valence-electron chi connectivity index (χ1n) is 9.62. The van der Waals surface area contributed by atoms with Gasteiger partial charge in [-0.25, -0.2) is 0 Å². The van der Waals surface area contributed by atoms with Crippen molar-refractivity contribution in [3.8, 4) is 0 Å². The predicted molar refractivity (Wildman–Crippen MR) is 109 cm³/mol. The molecule has 0 spiro atoms. The van der Waals surface area contributed by atoms with Gasteiger partial charge >= 0.3 is 0 Å². The largest absolute Gasteiger partial charge is 0.379 e. The molecule has 6 heteroatoms. The van der Waals surface area contributed by atoms with Crippen LogP contribution in [0.2, 0.25) is 0 Å². The highest BCUT2D eigenvalue weighted by Crippen LogP contribution is 2.29. The number of anilines is 1. The Hall–Kier alpha value is -3.22. The SMILES string of the molecule is O=C1c2ccccc2C(=O)N1CC1(CNc2cccc3ccccc23)OCCO1. The standard InChI is InChI=1S/C23H20N2O4/c26-21-18-9-3-4-10-19(18)22(27)25(21)15-23(28-12-13-29-23)14-24-20-11-5-7-16-6-1-2-8-17(16)20/h1-11,24H,12-15H2. The maximum Gasteiger partial charge on any atom is 0.261 e. The Morgan fingerprint density at radius 2 is 1.45 bits per heavy atom. The van der Waals surface area contributed by atoms with E-state index in [1.165, 1.54) is 4.90 Å². The third-order valence-electron chi connectivity index (χ3n) is 5.43. The number of fused-ring (bicyclic) bond motifs is 2. The van der Waals surface area contributed by atoms with Crippen molar-refractivity contribution in [3.63, 3.8) is 0 Å². The van der Waals surface area contributed by atoms with Gasteiger partial charge in [0.2, 0.25) is 5.79 Å². The molecular weight excluding hydrogens is 368 g/mol. The van der Waals surface area contributed by atoms with Crippen LogP contribution in [0.1, 0.15) is 20.7 Å². The summed E-state index contributed by atoms with van der Waals surface area (Å²) in [5.74, 6) is -1.70. The van der Waals surface area contributed by atoms with Gasteiger partial charge in [-0.05, 0) is 23.6 Å². The normalized spacial score (nSPS) is 17.7. The van der Waals surface area contributed by atoms with Crippen LogP contribution in [-0.4, -0.2) is 48.8 Å². The monoisotopic (exact) mass is 388 g/mol. The van der Waals surface area contributed by atoms with Gasteiger partial charge in [0, 0.05) is 11.1 Å². The van der Waals surface area contributed by atoms with E-state index in [9.17, 15) is 9.59 Å². The molecule has 0 unspecified atom stereocenters. The molecule has 0 aliphatic carbocycles. The van der Waals surface area contributed by atoms with Crippen molar-refractivity contribution in [1.82, 2.24) is 4.90 Å². The Balaban J connectivity index is 1.39. The Morgan fingerprint density at radius 1 is 0.828 bits per heavy atom. The van der Waals surface area contributed by atoms with E-state index in [-0.39, 0.29) is 18.4 Å². The second-order valence-corrected chi connectivity index (χ2v) is 7.23. The molecule has 0 bridgehead atoms. The topological polar surface area (TPSA) is 67.9 Å². The molecule has 2 aliphatic rings. The van der Waals surface area contributed by atoms with E-state index < -0.39 is 5.79 Å². The van der Waals surface area contributed by atoms with E-state index in [1.54, 1.807) is 24.3 Å². The van der Waals surface area contributed by atoms with E-state index in [0.29, 0.717) is 30.9 Å². The summed E-state index contributed by atoms with van der Waals surface area (Å²) in [5, 5.41) is 5.61. The lowest BCUT2D eigenvalue weighted by Gasteiger charge is -2.31. The number of ether oxygens (including phenoxy) is 2. The van der Waals surface area contributed by atoms with E-state index in [0.717, 1.165) is 16.5 Å². The van der Waals surface area contributed by atoms with Crippen molar-refractivity contribution in [2.75, 3.05) is 31.6 Å². The molecule has 3 aromatic rings. The molecule has 5 rings (SSSR count). The third kappa shape index (κ3) is 3.06. The number of benzene rings is 3. The number of imide groups is 1. The average molecular weight is 388 g/mol. The van der Waals surface area contributed by atoms with Crippen LogP contribution in [0.4, 0.5) is 5.69 Å². The minimum absolute atomic E-state index is 0.0388. The van der Waals surface area contributed by atoms with Gasteiger partial charge < -0.3 is 14.8 Å². The molecule has 1 saturated heterocycles. The fraction of sp³-hybridized carbons (Fsp3) is 0.217. The van der Waals surface area contributed by atoms with Crippen LogP contribution in [0, 0.1) is 0 Å². The van der Waals surface area contributed by atoms with Gasteiger partial charge in [-0.2, -0.15) is 0 Å². The van der Waals surface area contributed by atoms with Crippen LogP contribution < -0.4 is 5.32 Å². The summed E-state index contributed by atoms with van der Waals surface area (Å²) in [6.45, 7) is 1.19. The van der Waals surface area contributed by atoms with Crippen LogP contribution >= 0.6 is 0 Å². The zero-order valence-electron chi connectivity index (χ0n) is 15.8. The number of hydrogen-bond acceptors (Lipinski definition) is 5. The molecule has 0 aromatic heterocycles. The second-order valence-electron chi connectivity index (χ2n) is 7.23. The van der Waals surface area contributed by atoms with E-state index >= 15 is 0 Å². The molecule has 1 N–H and O–H groups in total. The molecule has 0 saturated carbocycles. The highest BCUT2D eigenvalue weighted by Gasteiger charge is 2.45. The number of amides is 2. The lowest BCUT2D eigenvalue weighted by atomic mass is 10.1. The van der Waals surface area contributed by atoms with E-state index in [4.69, 9.17) is 9.47 Å². The quantitative estimate of drug-likeness (QED) is 0.680. The Morgan fingerprint density at radius 3 is 2.17 bits per heavy atom. The van der Waals surface area contributed by atoms with Crippen molar-refractivity contribution < 1.29 is 19.1 Å². The average Bonchev–Trinajstić information content (AvgIpc) is 3.32. The van der Waals surface area contributed by atoms with E-state index in [2.05, 4.69) is 17.4 Å². The highest BCUT2D eigenvalue weighted by molar-refractivity contribution is 6.21. The van der Waals surface area contributed by atoms with Crippen LogP contribution in [0.25, 0.3) is 10.8 Å². The molecule has 2 heterocycles. The lowest BCUT2D eigenvalue weighted by Crippen LogP contribution is -2.50. The minimum atomic E-state index is -1.08. The third-order valence-corrected chi connectivity index (χ3v) is 5.43. The van der Waals surface area contributed by atoms with Crippen LogP contribution in [0.3, 0.4) is 0 Å². The number of carbonyl (C=O) groups is 2. The molecule has 2 amide bonds. The Labute approximate surface area is 168 Å². The van der Waals surface area contributed by atoms with Gasteiger partial charge in [0.05, 0.1) is 37.4 Å². The zero-order valence-corrected chi connectivity index (χ0v) is 15.8. The first-order chi connectivity index (χ1) is 14.2. The van der Waals surface area contributed by atoms with Crippen molar-refractivity contribution in [3.05, 3.63) is 77.9 Å². The number of nitrogens with one attached hydrogen (secondary N) is 1. The Bertz CT molecular complexity index is 1060. The van der Waals surface area contributed by atoms with E-state index in [1.807, 2.05) is 30.3 Å². The zero-order chi connectivity index (χ0) is 19.8. The molecule has 3 aromatic carbocycles. The fourth-order valence-electron chi connectivity index (χ4n) is 3.98. The fourth-order valence-corrected chi connectivity index (χ4v) is 3.98. The molecular formula is C23H20N2O4. The number of carbonyl (C=O) groups excluding carboxylic acids is 2. The summed E-state index contributed by atoms with van der Waals surface area (Å²) < 4.78 is 11.8. The van der Waals surface area contributed by atoms with Crippen molar-refractivity contribution in [2.24, 2.45) is 0 Å². The van der Waals surface area contributed by atoms with Crippen molar-refractivity contribution in [1.29, 1.82) is 0 Å². The molecule has 146 valence electrons. The molecule has 6 nitrogen and oxygen atoms in total. The molecule has 29 heavy (non-hydrogen) atoms. The second kappa shape index (κ2) is 6.99. The molecule has 1 fully saturated rings. The van der Waals surface area contributed by atoms with Crippen LogP contribution in [0.5, 0.6) is 0 Å². The number of nitrogens with zero attached hydrogens (tertiary/aromatic N) is 1. The summed E-state index contributed by atoms with van der Waals surface area (Å²) in [5.41, 5.74) is 1.80. The summed E-state index contributed by atoms with van der Waals surface area (Å²) >= 11 is 0.